The number of rotatable bonds is 4. The summed E-state index contributed by atoms with van der Waals surface area (Å²) in [5, 5.41) is 2.01. The third-order valence-electron chi connectivity index (χ3n) is 3.26. The number of benzene rings is 2. The van der Waals surface area contributed by atoms with E-state index in [9.17, 15) is 9.59 Å². The molecule has 1 aliphatic rings. The second kappa shape index (κ2) is 6.30. The predicted molar refractivity (Wildman–Crippen MR) is 79.2 cm³/mol. The highest BCUT2D eigenvalue weighted by atomic mass is 16.6. The van der Waals surface area contributed by atoms with Gasteiger partial charge in [-0.25, -0.2) is 4.79 Å². The Bertz CT molecular complexity index is 748. The van der Waals surface area contributed by atoms with Crippen LogP contribution in [0.15, 0.2) is 54.5 Å². The van der Waals surface area contributed by atoms with E-state index < -0.39 is 5.97 Å². The van der Waals surface area contributed by atoms with Crippen LogP contribution in [0.5, 0.6) is 0 Å². The van der Waals surface area contributed by atoms with Gasteiger partial charge in [0.2, 0.25) is 5.76 Å². The number of ketones is 1. The zero-order valence-electron chi connectivity index (χ0n) is 11.8. The molecule has 2 aromatic rings. The van der Waals surface area contributed by atoms with Gasteiger partial charge >= 0.3 is 5.97 Å². The Kier molecular flexibility index (Phi) is 4.05. The van der Waals surface area contributed by atoms with Crippen LogP contribution in [-0.4, -0.2) is 31.6 Å². The van der Waals surface area contributed by atoms with Crippen molar-refractivity contribution in [2.75, 3.05) is 19.8 Å². The average Bonchev–Trinajstić information content (AvgIpc) is 2.59. The van der Waals surface area contributed by atoms with Crippen molar-refractivity contribution in [2.45, 2.75) is 0 Å². The number of hydrogen-bond acceptors (Lipinski definition) is 5. The van der Waals surface area contributed by atoms with E-state index >= 15 is 0 Å². The maximum Gasteiger partial charge on any atom is 0.377 e. The smallest absolute Gasteiger partial charge is 0.377 e. The summed E-state index contributed by atoms with van der Waals surface area (Å²) in [6.45, 7) is 0.351. The van der Waals surface area contributed by atoms with Gasteiger partial charge in [0.15, 0.2) is 12.4 Å². The number of Topliss-reactive ketones (excluding diaryl/α,β-unsaturated/α-hetero) is 1. The zero-order valence-corrected chi connectivity index (χ0v) is 11.8. The van der Waals surface area contributed by atoms with Gasteiger partial charge in [-0.15, -0.1) is 0 Å². The second-order valence-electron chi connectivity index (χ2n) is 4.76. The molecule has 0 saturated heterocycles. The van der Waals surface area contributed by atoms with Crippen molar-refractivity contribution in [3.8, 4) is 0 Å². The molecule has 5 nitrogen and oxygen atoms in total. The third kappa shape index (κ3) is 3.09. The minimum absolute atomic E-state index is 0.0161. The van der Waals surface area contributed by atoms with Crippen LogP contribution in [-0.2, 0) is 19.0 Å². The van der Waals surface area contributed by atoms with Crippen LogP contribution < -0.4 is 0 Å². The van der Waals surface area contributed by atoms with Gasteiger partial charge in [-0.2, -0.15) is 0 Å². The van der Waals surface area contributed by atoms with E-state index in [0.717, 1.165) is 10.8 Å². The van der Waals surface area contributed by atoms with Crippen molar-refractivity contribution in [3.05, 3.63) is 60.0 Å². The first kappa shape index (κ1) is 14.1. The molecule has 0 aliphatic carbocycles. The lowest BCUT2D eigenvalue weighted by molar-refractivity contribution is -0.143. The Labute approximate surface area is 127 Å². The van der Waals surface area contributed by atoms with Crippen molar-refractivity contribution in [2.24, 2.45) is 0 Å². The fourth-order valence-electron chi connectivity index (χ4n) is 2.12. The molecule has 0 amide bonds. The largest absolute Gasteiger partial charge is 0.493 e. The third-order valence-corrected chi connectivity index (χ3v) is 3.26. The molecule has 0 aromatic heterocycles. The van der Waals surface area contributed by atoms with Crippen molar-refractivity contribution < 1.29 is 23.8 Å². The van der Waals surface area contributed by atoms with Crippen molar-refractivity contribution in [3.63, 3.8) is 0 Å². The first-order valence-electron chi connectivity index (χ1n) is 6.88. The molecule has 3 rings (SSSR count). The molecule has 0 atom stereocenters. The lowest BCUT2D eigenvalue weighted by Crippen LogP contribution is -2.20. The summed E-state index contributed by atoms with van der Waals surface area (Å²) in [5.41, 5.74) is 0.501. The second-order valence-corrected chi connectivity index (χ2v) is 4.76. The SMILES string of the molecule is O=C(OCC(=O)c1ccc2ccccc2c1)C1=COCCO1. The number of carbonyl (C=O) groups excluding carboxylic acids is 2. The number of hydrogen-bond donors (Lipinski definition) is 0. The van der Waals surface area contributed by atoms with E-state index in [1.807, 2.05) is 30.3 Å². The molecule has 112 valence electrons. The average molecular weight is 298 g/mol. The van der Waals surface area contributed by atoms with Gasteiger partial charge in [0.05, 0.1) is 0 Å². The van der Waals surface area contributed by atoms with Crippen LogP contribution in [0.3, 0.4) is 0 Å². The molecular weight excluding hydrogens is 284 g/mol. The molecule has 0 radical (unpaired) electrons. The maximum atomic E-state index is 12.1. The van der Waals surface area contributed by atoms with Crippen molar-refractivity contribution in [1.82, 2.24) is 0 Å². The molecule has 0 saturated carbocycles. The summed E-state index contributed by atoms with van der Waals surface area (Å²) in [5.74, 6) is -0.983. The van der Waals surface area contributed by atoms with Crippen LogP contribution in [0, 0.1) is 0 Å². The summed E-state index contributed by atoms with van der Waals surface area (Å²) >= 11 is 0. The molecule has 1 aliphatic heterocycles. The lowest BCUT2D eigenvalue weighted by Gasteiger charge is -2.14. The number of fused-ring (bicyclic) bond motifs is 1. The zero-order chi connectivity index (χ0) is 15.4. The van der Waals surface area contributed by atoms with Gasteiger partial charge in [0.25, 0.3) is 0 Å². The van der Waals surface area contributed by atoms with Crippen LogP contribution in [0.2, 0.25) is 0 Å². The Morgan fingerprint density at radius 1 is 1.05 bits per heavy atom. The van der Waals surface area contributed by atoms with Gasteiger partial charge in [-0.3, -0.25) is 4.79 Å². The molecule has 0 bridgehead atoms. The number of carbonyl (C=O) groups is 2. The van der Waals surface area contributed by atoms with Crippen LogP contribution in [0.25, 0.3) is 10.8 Å². The number of ether oxygens (including phenoxy) is 3. The molecule has 0 unspecified atom stereocenters. The van der Waals surface area contributed by atoms with E-state index in [-0.39, 0.29) is 18.1 Å². The molecular formula is C17H14O5. The molecule has 2 aromatic carbocycles. The Morgan fingerprint density at radius 3 is 2.64 bits per heavy atom. The van der Waals surface area contributed by atoms with Gasteiger partial charge in [0, 0.05) is 5.56 Å². The van der Waals surface area contributed by atoms with Gasteiger partial charge in [-0.1, -0.05) is 36.4 Å². The highest BCUT2D eigenvalue weighted by Crippen LogP contribution is 2.16. The van der Waals surface area contributed by atoms with Crippen molar-refractivity contribution in [1.29, 1.82) is 0 Å². The minimum atomic E-state index is -0.700. The maximum absolute atomic E-state index is 12.1. The fraction of sp³-hybridized carbons (Fsp3) is 0.176. The van der Waals surface area contributed by atoms with Gasteiger partial charge in [0.1, 0.15) is 19.5 Å². The van der Waals surface area contributed by atoms with E-state index in [1.165, 1.54) is 6.26 Å². The van der Waals surface area contributed by atoms with E-state index in [2.05, 4.69) is 0 Å². The Balaban J connectivity index is 1.65. The van der Waals surface area contributed by atoms with Crippen molar-refractivity contribution >= 4 is 22.5 Å². The Morgan fingerprint density at radius 2 is 1.86 bits per heavy atom. The fourth-order valence-corrected chi connectivity index (χ4v) is 2.12. The van der Waals surface area contributed by atoms with Crippen LogP contribution in [0.4, 0.5) is 0 Å². The molecule has 0 spiro atoms. The summed E-state index contributed by atoms with van der Waals surface area (Å²) in [4.78, 5) is 23.8. The summed E-state index contributed by atoms with van der Waals surface area (Å²) in [7, 11) is 0. The number of esters is 1. The molecule has 0 fully saturated rings. The normalized spacial score (nSPS) is 13.7. The summed E-state index contributed by atoms with van der Waals surface area (Å²) in [6.07, 6.45) is 1.20. The van der Waals surface area contributed by atoms with E-state index in [0.29, 0.717) is 18.8 Å². The molecule has 1 heterocycles. The Hall–Kier alpha value is -2.82. The van der Waals surface area contributed by atoms with Crippen LogP contribution >= 0.6 is 0 Å². The van der Waals surface area contributed by atoms with Gasteiger partial charge < -0.3 is 14.2 Å². The summed E-state index contributed by atoms with van der Waals surface area (Å²) in [6, 6.07) is 13.1. The molecule has 0 N–H and O–H groups in total. The van der Waals surface area contributed by atoms with Crippen LogP contribution in [0.1, 0.15) is 10.4 Å². The highest BCUT2D eigenvalue weighted by molar-refractivity contribution is 6.01. The quantitative estimate of drug-likeness (QED) is 0.641. The molecule has 5 heteroatoms. The first-order chi connectivity index (χ1) is 10.7. The highest BCUT2D eigenvalue weighted by Gasteiger charge is 2.18. The lowest BCUT2D eigenvalue weighted by atomic mass is 10.0. The monoisotopic (exact) mass is 298 g/mol. The van der Waals surface area contributed by atoms with E-state index in [4.69, 9.17) is 14.2 Å². The minimum Gasteiger partial charge on any atom is -0.493 e. The standard InChI is InChI=1S/C17H14O5/c18-15(10-22-17(19)16-11-20-7-8-21-16)14-6-5-12-3-1-2-4-13(12)9-14/h1-6,9,11H,7-8,10H2. The predicted octanol–water partition coefficient (Wildman–Crippen LogP) is 2.45. The summed E-state index contributed by atoms with van der Waals surface area (Å²) < 4.78 is 15.0. The topological polar surface area (TPSA) is 61.8 Å². The molecule has 22 heavy (non-hydrogen) atoms. The van der Waals surface area contributed by atoms with E-state index in [1.54, 1.807) is 12.1 Å². The first-order valence-corrected chi connectivity index (χ1v) is 6.88. The van der Waals surface area contributed by atoms with Gasteiger partial charge in [-0.05, 0) is 16.8 Å².